The average molecular weight is 318 g/mol. The summed E-state index contributed by atoms with van der Waals surface area (Å²) in [7, 11) is 0. The molecule has 2 heterocycles. The molecule has 0 atom stereocenters. The monoisotopic (exact) mass is 318 g/mol. The van der Waals surface area contributed by atoms with Gasteiger partial charge in [0.2, 0.25) is 0 Å². The fourth-order valence-electron chi connectivity index (χ4n) is 2.64. The van der Waals surface area contributed by atoms with Crippen LogP contribution >= 0.6 is 0 Å². The van der Waals surface area contributed by atoms with Crippen LogP contribution in [0.15, 0.2) is 53.5 Å². The number of aromatic amines is 1. The lowest BCUT2D eigenvalue weighted by Gasteiger charge is -2.11. The molecule has 0 spiro atoms. The van der Waals surface area contributed by atoms with Crippen molar-refractivity contribution in [1.29, 1.82) is 0 Å². The summed E-state index contributed by atoms with van der Waals surface area (Å²) >= 11 is 0. The van der Waals surface area contributed by atoms with Crippen LogP contribution in [-0.2, 0) is 0 Å². The Morgan fingerprint density at radius 1 is 1.04 bits per heavy atom. The molecular weight excluding hydrogens is 304 g/mol. The van der Waals surface area contributed by atoms with Crippen LogP contribution in [-0.4, -0.2) is 15.0 Å². The number of ether oxygens (including phenoxy) is 1. The summed E-state index contributed by atoms with van der Waals surface area (Å²) in [4.78, 5) is 22.9. The van der Waals surface area contributed by atoms with E-state index in [0.717, 1.165) is 10.8 Å². The van der Waals surface area contributed by atoms with Crippen molar-refractivity contribution in [2.24, 2.45) is 0 Å². The highest BCUT2D eigenvalue weighted by molar-refractivity contribution is 5.97. The molecule has 2 aromatic carbocycles. The molecule has 6 nitrogen and oxygen atoms in total. The minimum absolute atomic E-state index is 0.259. The van der Waals surface area contributed by atoms with Crippen molar-refractivity contribution in [3.05, 3.63) is 64.7 Å². The number of hydrogen-bond acceptors (Lipinski definition) is 5. The lowest BCUT2D eigenvalue weighted by Crippen LogP contribution is -2.12. The van der Waals surface area contributed by atoms with E-state index in [9.17, 15) is 4.79 Å². The first-order valence-corrected chi connectivity index (χ1v) is 7.44. The van der Waals surface area contributed by atoms with Crippen LogP contribution in [0.4, 0.5) is 5.69 Å². The van der Waals surface area contributed by atoms with Crippen molar-refractivity contribution < 1.29 is 4.74 Å². The molecule has 0 aliphatic carbocycles. The minimum atomic E-state index is -0.259. The number of benzene rings is 2. The maximum absolute atomic E-state index is 11.7. The van der Waals surface area contributed by atoms with Crippen LogP contribution in [0.2, 0.25) is 0 Å². The molecule has 0 saturated carbocycles. The van der Waals surface area contributed by atoms with Gasteiger partial charge >= 0.3 is 0 Å². The Morgan fingerprint density at radius 3 is 2.67 bits per heavy atom. The number of anilines is 1. The van der Waals surface area contributed by atoms with Crippen molar-refractivity contribution in [2.75, 3.05) is 5.73 Å². The number of rotatable bonds is 2. The summed E-state index contributed by atoms with van der Waals surface area (Å²) in [6.45, 7) is 1.65. The number of nitrogens with one attached hydrogen (secondary N) is 1. The number of nitrogens with zero attached hydrogens (tertiary/aromatic N) is 2. The highest BCUT2D eigenvalue weighted by Gasteiger charge is 2.11. The quantitative estimate of drug-likeness (QED) is 0.554. The molecule has 0 aliphatic heterocycles. The fourth-order valence-corrected chi connectivity index (χ4v) is 2.64. The number of hydrogen-bond donors (Lipinski definition) is 2. The van der Waals surface area contributed by atoms with Gasteiger partial charge in [-0.25, -0.2) is 9.97 Å². The normalized spacial score (nSPS) is 11.0. The van der Waals surface area contributed by atoms with Gasteiger partial charge in [0.15, 0.2) is 11.4 Å². The Bertz CT molecular complexity index is 1130. The predicted molar refractivity (Wildman–Crippen MR) is 93.3 cm³/mol. The number of aryl methyl sites for hydroxylation is 1. The van der Waals surface area contributed by atoms with Crippen LogP contribution in [0, 0.1) is 6.92 Å². The molecule has 24 heavy (non-hydrogen) atoms. The molecule has 0 amide bonds. The van der Waals surface area contributed by atoms with Gasteiger partial charge in [0, 0.05) is 28.7 Å². The van der Waals surface area contributed by atoms with Gasteiger partial charge in [-0.15, -0.1) is 0 Å². The van der Waals surface area contributed by atoms with E-state index in [1.165, 1.54) is 0 Å². The molecule has 0 unspecified atom stereocenters. The number of fused-ring (bicyclic) bond motifs is 2. The first-order chi connectivity index (χ1) is 11.6. The zero-order valence-electron chi connectivity index (χ0n) is 12.9. The summed E-state index contributed by atoms with van der Waals surface area (Å²) < 4.78 is 6.07. The lowest BCUT2D eigenvalue weighted by atomic mass is 10.1. The summed E-state index contributed by atoms with van der Waals surface area (Å²) in [5.41, 5.74) is 7.72. The first kappa shape index (κ1) is 14.2. The van der Waals surface area contributed by atoms with E-state index in [1.54, 1.807) is 19.2 Å². The number of nitrogens with two attached hydrogens (primary N) is 1. The number of pyridine rings is 1. The van der Waals surface area contributed by atoms with Crippen molar-refractivity contribution in [3.63, 3.8) is 0 Å². The third-order valence-electron chi connectivity index (χ3n) is 3.86. The zero-order chi connectivity index (χ0) is 16.7. The van der Waals surface area contributed by atoms with E-state index in [2.05, 4.69) is 15.0 Å². The van der Waals surface area contributed by atoms with Crippen LogP contribution in [0.3, 0.4) is 0 Å². The second-order valence-electron chi connectivity index (χ2n) is 5.46. The number of H-pyrrole nitrogens is 1. The topological polar surface area (TPSA) is 93.9 Å². The number of aromatic nitrogens is 3. The van der Waals surface area contributed by atoms with E-state index in [0.29, 0.717) is 34.0 Å². The van der Waals surface area contributed by atoms with Crippen LogP contribution in [0.5, 0.6) is 11.5 Å². The summed E-state index contributed by atoms with van der Waals surface area (Å²) in [5.74, 6) is 1.19. The van der Waals surface area contributed by atoms with E-state index >= 15 is 0 Å². The van der Waals surface area contributed by atoms with Gasteiger partial charge in [-0.2, -0.15) is 0 Å². The summed E-state index contributed by atoms with van der Waals surface area (Å²) in [5, 5.41) is 1.83. The largest absolute Gasteiger partial charge is 0.454 e. The third kappa shape index (κ3) is 2.25. The molecule has 4 rings (SSSR count). The molecule has 0 radical (unpaired) electrons. The molecule has 118 valence electrons. The fraction of sp³-hybridized carbons (Fsp3) is 0.0556. The standard InChI is InChI=1S/C18H14N4O2/c1-10-18(23)22-17-16(21-10)15(8-9-20-17)24-14-7-6-13(19)11-4-2-3-5-12(11)14/h2-9H,19H2,1H3,(H,20,22,23). The van der Waals surface area contributed by atoms with Crippen molar-refractivity contribution in [2.45, 2.75) is 6.92 Å². The zero-order valence-corrected chi connectivity index (χ0v) is 12.9. The smallest absolute Gasteiger partial charge is 0.270 e. The predicted octanol–water partition coefficient (Wildman–Crippen LogP) is 3.15. The van der Waals surface area contributed by atoms with E-state index in [-0.39, 0.29) is 5.56 Å². The lowest BCUT2D eigenvalue weighted by molar-refractivity contribution is 0.492. The molecule has 0 fully saturated rings. The second kappa shape index (κ2) is 5.34. The molecule has 0 bridgehead atoms. The van der Waals surface area contributed by atoms with Gasteiger partial charge in [-0.3, -0.25) is 4.79 Å². The molecule has 0 aliphatic rings. The van der Waals surface area contributed by atoms with Crippen LogP contribution in [0.25, 0.3) is 21.9 Å². The van der Waals surface area contributed by atoms with Crippen molar-refractivity contribution >= 4 is 27.6 Å². The molecule has 6 heteroatoms. The Morgan fingerprint density at radius 2 is 1.83 bits per heavy atom. The van der Waals surface area contributed by atoms with Crippen molar-refractivity contribution in [1.82, 2.24) is 15.0 Å². The molecule has 3 N–H and O–H groups in total. The maximum Gasteiger partial charge on any atom is 0.270 e. The van der Waals surface area contributed by atoms with E-state index in [4.69, 9.17) is 10.5 Å². The molecular formula is C18H14N4O2. The number of nitrogen functional groups attached to an aromatic ring is 1. The molecule has 4 aromatic rings. The molecule has 2 aromatic heterocycles. The second-order valence-corrected chi connectivity index (χ2v) is 5.46. The summed E-state index contributed by atoms with van der Waals surface area (Å²) in [6.07, 6.45) is 1.57. The van der Waals surface area contributed by atoms with Gasteiger partial charge < -0.3 is 15.5 Å². The molecule has 0 saturated heterocycles. The van der Waals surface area contributed by atoms with Crippen molar-refractivity contribution in [3.8, 4) is 11.5 Å². The van der Waals surface area contributed by atoms with E-state index < -0.39 is 0 Å². The Balaban J connectivity index is 1.90. The Labute approximate surface area is 136 Å². The Hall–Kier alpha value is -3.41. The highest BCUT2D eigenvalue weighted by atomic mass is 16.5. The van der Waals surface area contributed by atoms with Gasteiger partial charge in [0.05, 0.1) is 0 Å². The summed E-state index contributed by atoms with van der Waals surface area (Å²) in [6, 6.07) is 13.1. The van der Waals surface area contributed by atoms with Gasteiger partial charge in [-0.05, 0) is 19.1 Å². The maximum atomic E-state index is 11.7. The van der Waals surface area contributed by atoms with Gasteiger partial charge in [0.25, 0.3) is 5.56 Å². The third-order valence-corrected chi connectivity index (χ3v) is 3.86. The average Bonchev–Trinajstić information content (AvgIpc) is 2.59. The minimum Gasteiger partial charge on any atom is -0.454 e. The SMILES string of the molecule is Cc1nc2c(Oc3ccc(N)c4ccccc34)ccnc2[nH]c1=O. The van der Waals surface area contributed by atoms with E-state index in [1.807, 2.05) is 36.4 Å². The van der Waals surface area contributed by atoms with Crippen LogP contribution < -0.4 is 16.0 Å². The first-order valence-electron chi connectivity index (χ1n) is 7.44. The Kier molecular flexibility index (Phi) is 3.16. The van der Waals surface area contributed by atoms with Gasteiger partial charge in [-0.1, -0.05) is 24.3 Å². The van der Waals surface area contributed by atoms with Gasteiger partial charge in [0.1, 0.15) is 17.0 Å². The highest BCUT2D eigenvalue weighted by Crippen LogP contribution is 2.34. The van der Waals surface area contributed by atoms with Crippen LogP contribution in [0.1, 0.15) is 5.69 Å².